The zero-order valence-corrected chi connectivity index (χ0v) is 9.12. The molecule has 0 aromatic carbocycles. The van der Waals surface area contributed by atoms with Gasteiger partial charge in [-0.15, -0.1) is 6.58 Å². The molecule has 0 aliphatic heterocycles. The Kier molecular flexibility index (Phi) is 4.40. The zero-order valence-electron chi connectivity index (χ0n) is 8.12. The van der Waals surface area contributed by atoms with Crippen LogP contribution in [0.5, 0.6) is 0 Å². The molecule has 0 fully saturated rings. The summed E-state index contributed by atoms with van der Waals surface area (Å²) in [7, 11) is -2.80. The highest BCUT2D eigenvalue weighted by atomic mass is 28.4. The monoisotopic (exact) mass is 202 g/mol. The van der Waals surface area contributed by atoms with Gasteiger partial charge >= 0.3 is 8.56 Å². The molecule has 0 atom stereocenters. The van der Waals surface area contributed by atoms with Gasteiger partial charge in [-0.05, 0) is 5.70 Å². The number of hydrogen-bond acceptors (Lipinski definition) is 4. The Bertz CT molecular complexity index is 208. The average Bonchev–Trinajstić information content (AvgIpc) is 2.01. The lowest BCUT2D eigenvalue weighted by Gasteiger charge is -2.23. The highest BCUT2D eigenvalue weighted by Gasteiger charge is 2.38. The van der Waals surface area contributed by atoms with Crippen LogP contribution in [0.4, 0.5) is 0 Å². The Morgan fingerprint density at radius 3 is 1.85 bits per heavy atom. The van der Waals surface area contributed by atoms with Crippen LogP contribution in [0.2, 0.25) is 6.04 Å². The SMILES string of the molecule is C=C[Si](CC)(OC(C)=O)OC(C)=O. The molecule has 0 spiro atoms. The second kappa shape index (κ2) is 4.81. The molecule has 0 saturated heterocycles. The topological polar surface area (TPSA) is 52.6 Å². The van der Waals surface area contributed by atoms with Crippen molar-refractivity contribution < 1.29 is 18.4 Å². The maximum Gasteiger partial charge on any atom is 0.491 e. The van der Waals surface area contributed by atoms with Gasteiger partial charge in [0.2, 0.25) is 0 Å². The minimum Gasteiger partial charge on any atom is -0.482 e. The molecule has 0 radical (unpaired) electrons. The normalized spacial score (nSPS) is 10.4. The van der Waals surface area contributed by atoms with E-state index in [1.54, 1.807) is 6.92 Å². The summed E-state index contributed by atoms with van der Waals surface area (Å²) in [4.78, 5) is 21.5. The predicted molar refractivity (Wildman–Crippen MR) is 50.0 cm³/mol. The van der Waals surface area contributed by atoms with Gasteiger partial charge in [0.15, 0.2) is 0 Å². The molecule has 74 valence electrons. The predicted octanol–water partition coefficient (Wildman–Crippen LogP) is 1.30. The first-order chi connectivity index (χ1) is 5.95. The number of carbonyl (C=O) groups excluding carboxylic acids is 2. The molecule has 0 aromatic heterocycles. The third-order valence-corrected chi connectivity index (χ3v) is 4.31. The van der Waals surface area contributed by atoms with Crippen LogP contribution in [0.15, 0.2) is 12.3 Å². The molecule has 0 aliphatic carbocycles. The van der Waals surface area contributed by atoms with Crippen LogP contribution in [0.25, 0.3) is 0 Å². The molecule has 0 N–H and O–H groups in total. The van der Waals surface area contributed by atoms with E-state index in [1.807, 2.05) is 0 Å². The largest absolute Gasteiger partial charge is 0.491 e. The fourth-order valence-corrected chi connectivity index (χ4v) is 2.64. The summed E-state index contributed by atoms with van der Waals surface area (Å²) in [5.41, 5.74) is 1.44. The molecule has 0 amide bonds. The number of carbonyl (C=O) groups is 2. The first kappa shape index (κ1) is 11.9. The Morgan fingerprint density at radius 2 is 1.69 bits per heavy atom. The van der Waals surface area contributed by atoms with Crippen LogP contribution in [-0.2, 0) is 18.4 Å². The van der Waals surface area contributed by atoms with E-state index in [0.29, 0.717) is 6.04 Å². The summed E-state index contributed by atoms with van der Waals surface area (Å²) >= 11 is 0. The number of rotatable bonds is 4. The standard InChI is InChI=1S/C8H14O4Si/c1-5-13(6-2,11-7(3)9)12-8(4)10/h5H,1,6H2,2-4H3. The lowest BCUT2D eigenvalue weighted by atomic mass is 10.9. The van der Waals surface area contributed by atoms with Crippen molar-refractivity contribution in [1.82, 2.24) is 0 Å². The Morgan fingerprint density at radius 1 is 1.31 bits per heavy atom. The fraction of sp³-hybridized carbons (Fsp3) is 0.500. The van der Waals surface area contributed by atoms with Crippen LogP contribution in [-0.4, -0.2) is 20.5 Å². The molecular weight excluding hydrogens is 188 g/mol. The summed E-state index contributed by atoms with van der Waals surface area (Å²) in [6, 6.07) is 0.482. The van der Waals surface area contributed by atoms with Crippen molar-refractivity contribution in [2.75, 3.05) is 0 Å². The van der Waals surface area contributed by atoms with Crippen LogP contribution >= 0.6 is 0 Å². The van der Waals surface area contributed by atoms with Gasteiger partial charge in [-0.25, -0.2) is 0 Å². The van der Waals surface area contributed by atoms with Crippen LogP contribution < -0.4 is 0 Å². The lowest BCUT2D eigenvalue weighted by Crippen LogP contribution is -2.42. The van der Waals surface area contributed by atoms with Crippen molar-refractivity contribution >= 4 is 20.5 Å². The van der Waals surface area contributed by atoms with E-state index in [1.165, 1.54) is 19.5 Å². The van der Waals surface area contributed by atoms with Crippen LogP contribution in [0.1, 0.15) is 20.8 Å². The quantitative estimate of drug-likeness (QED) is 0.645. The van der Waals surface area contributed by atoms with Crippen LogP contribution in [0, 0.1) is 0 Å². The second-order valence-electron chi connectivity index (χ2n) is 2.56. The lowest BCUT2D eigenvalue weighted by molar-refractivity contribution is -0.138. The highest BCUT2D eigenvalue weighted by Crippen LogP contribution is 2.14. The molecule has 0 aromatic rings. The molecule has 0 rings (SSSR count). The molecule has 5 heteroatoms. The smallest absolute Gasteiger partial charge is 0.482 e. The van der Waals surface area contributed by atoms with Gasteiger partial charge in [0.05, 0.1) is 0 Å². The van der Waals surface area contributed by atoms with Gasteiger partial charge in [0, 0.05) is 19.9 Å². The second-order valence-corrected chi connectivity index (χ2v) is 5.70. The van der Waals surface area contributed by atoms with Gasteiger partial charge in [-0.3, -0.25) is 9.59 Å². The molecule has 4 nitrogen and oxygen atoms in total. The summed E-state index contributed by atoms with van der Waals surface area (Å²) in [6.07, 6.45) is 0. The van der Waals surface area contributed by atoms with Crippen LogP contribution in [0.3, 0.4) is 0 Å². The van der Waals surface area contributed by atoms with E-state index in [9.17, 15) is 9.59 Å². The summed E-state index contributed by atoms with van der Waals surface area (Å²) in [5.74, 6) is -0.899. The van der Waals surface area contributed by atoms with Crippen molar-refractivity contribution in [3.05, 3.63) is 12.3 Å². The Labute approximate surface area is 78.8 Å². The third kappa shape index (κ3) is 3.89. The molecule has 0 bridgehead atoms. The molecule has 0 unspecified atom stereocenters. The summed E-state index contributed by atoms with van der Waals surface area (Å²) in [6.45, 7) is 7.87. The Hall–Kier alpha value is -1.10. The van der Waals surface area contributed by atoms with E-state index in [2.05, 4.69) is 6.58 Å². The highest BCUT2D eigenvalue weighted by molar-refractivity contribution is 6.75. The minimum atomic E-state index is -2.80. The van der Waals surface area contributed by atoms with Gasteiger partial charge < -0.3 is 8.85 Å². The average molecular weight is 202 g/mol. The van der Waals surface area contributed by atoms with E-state index >= 15 is 0 Å². The van der Waals surface area contributed by atoms with E-state index in [0.717, 1.165) is 0 Å². The van der Waals surface area contributed by atoms with Gasteiger partial charge in [0.25, 0.3) is 11.9 Å². The molecule has 0 heterocycles. The maximum atomic E-state index is 10.7. The Balaban J connectivity index is 4.58. The zero-order chi connectivity index (χ0) is 10.5. The molecular formula is C8H14O4Si. The van der Waals surface area contributed by atoms with Gasteiger partial charge in [0.1, 0.15) is 0 Å². The minimum absolute atomic E-state index is 0.449. The molecule has 0 aliphatic rings. The first-order valence-corrected chi connectivity index (χ1v) is 6.08. The van der Waals surface area contributed by atoms with Crippen molar-refractivity contribution in [2.45, 2.75) is 26.8 Å². The first-order valence-electron chi connectivity index (χ1n) is 3.98. The summed E-state index contributed by atoms with van der Waals surface area (Å²) < 4.78 is 9.97. The van der Waals surface area contributed by atoms with E-state index < -0.39 is 20.5 Å². The third-order valence-electron chi connectivity index (χ3n) is 1.44. The molecule has 0 saturated carbocycles. The summed E-state index contributed by atoms with van der Waals surface area (Å²) in [5, 5.41) is 0. The van der Waals surface area contributed by atoms with Gasteiger partial charge in [-0.1, -0.05) is 6.92 Å². The maximum absolute atomic E-state index is 10.7. The fourth-order valence-electron chi connectivity index (χ4n) is 0.879. The van der Waals surface area contributed by atoms with Crippen molar-refractivity contribution in [3.8, 4) is 0 Å². The van der Waals surface area contributed by atoms with Crippen molar-refractivity contribution in [2.24, 2.45) is 0 Å². The van der Waals surface area contributed by atoms with E-state index in [4.69, 9.17) is 8.85 Å². The molecule has 13 heavy (non-hydrogen) atoms. The van der Waals surface area contributed by atoms with Gasteiger partial charge in [-0.2, -0.15) is 0 Å². The van der Waals surface area contributed by atoms with E-state index in [-0.39, 0.29) is 0 Å². The van der Waals surface area contributed by atoms with Crippen molar-refractivity contribution in [1.29, 1.82) is 0 Å². The van der Waals surface area contributed by atoms with Crippen molar-refractivity contribution in [3.63, 3.8) is 0 Å². The number of hydrogen-bond donors (Lipinski definition) is 0.